The van der Waals surface area contributed by atoms with Crippen molar-refractivity contribution in [3.8, 4) is 11.6 Å². The molecule has 1 aromatic heterocycles. The van der Waals surface area contributed by atoms with Crippen LogP contribution in [0.4, 0.5) is 4.39 Å². The third-order valence-electron chi connectivity index (χ3n) is 2.39. The normalized spacial score (nSPS) is 11.3. The second kappa shape index (κ2) is 4.94. The van der Waals surface area contributed by atoms with Crippen LogP contribution in [0.1, 0.15) is 5.56 Å². The number of halogens is 1. The smallest absolute Gasteiger partial charge is 0.239 e. The van der Waals surface area contributed by atoms with Gasteiger partial charge in [0.2, 0.25) is 15.9 Å². The van der Waals surface area contributed by atoms with Crippen LogP contribution >= 0.6 is 0 Å². The number of ether oxygens (including phenoxy) is 1. The standard InChI is InChI=1S/C12H11FN2O3S/c1-8-6-9(2-4-11(8)13)18-12-5-3-10(7-15-12)19(14,16)17/h2-7H,1H3,(H2,14,16,17). The number of nitrogens with two attached hydrogens (primary N) is 1. The van der Waals surface area contributed by atoms with Crippen molar-refractivity contribution in [3.05, 3.63) is 47.9 Å². The van der Waals surface area contributed by atoms with Gasteiger partial charge in [0.1, 0.15) is 16.5 Å². The minimum absolute atomic E-state index is 0.102. The SMILES string of the molecule is Cc1cc(Oc2ccc(S(N)(=O)=O)cn2)ccc1F. The van der Waals surface area contributed by atoms with Gasteiger partial charge in [-0.05, 0) is 36.8 Å². The lowest BCUT2D eigenvalue weighted by atomic mass is 10.2. The average molecular weight is 282 g/mol. The predicted octanol–water partition coefficient (Wildman–Crippen LogP) is 1.97. The van der Waals surface area contributed by atoms with Gasteiger partial charge in [-0.25, -0.2) is 22.9 Å². The van der Waals surface area contributed by atoms with E-state index in [2.05, 4.69) is 4.98 Å². The van der Waals surface area contributed by atoms with Gasteiger partial charge in [-0.1, -0.05) is 0 Å². The van der Waals surface area contributed by atoms with Crippen molar-refractivity contribution < 1.29 is 17.5 Å². The maximum atomic E-state index is 13.1. The minimum atomic E-state index is -3.77. The summed E-state index contributed by atoms with van der Waals surface area (Å²) in [6.45, 7) is 1.61. The van der Waals surface area contributed by atoms with Crippen molar-refractivity contribution in [2.45, 2.75) is 11.8 Å². The molecule has 0 bridgehead atoms. The molecule has 1 heterocycles. The lowest BCUT2D eigenvalue weighted by Gasteiger charge is -2.06. The summed E-state index contributed by atoms with van der Waals surface area (Å²) in [6.07, 6.45) is 1.10. The molecule has 0 radical (unpaired) electrons. The van der Waals surface area contributed by atoms with Crippen LogP contribution < -0.4 is 9.88 Å². The quantitative estimate of drug-likeness (QED) is 0.933. The van der Waals surface area contributed by atoms with Gasteiger partial charge < -0.3 is 4.74 Å². The van der Waals surface area contributed by atoms with Gasteiger partial charge in [-0.2, -0.15) is 0 Å². The Kier molecular flexibility index (Phi) is 3.50. The summed E-state index contributed by atoms with van der Waals surface area (Å²) < 4.78 is 40.5. The molecule has 5 nitrogen and oxygen atoms in total. The monoisotopic (exact) mass is 282 g/mol. The molecule has 0 atom stereocenters. The van der Waals surface area contributed by atoms with Crippen LogP contribution in [0.5, 0.6) is 11.6 Å². The van der Waals surface area contributed by atoms with E-state index in [0.717, 1.165) is 6.20 Å². The van der Waals surface area contributed by atoms with E-state index < -0.39 is 10.0 Å². The molecular weight excluding hydrogens is 271 g/mol. The van der Waals surface area contributed by atoms with Crippen molar-refractivity contribution in [3.63, 3.8) is 0 Å². The molecular formula is C12H11FN2O3S. The Morgan fingerprint density at radius 3 is 2.53 bits per heavy atom. The van der Waals surface area contributed by atoms with E-state index in [1.54, 1.807) is 6.92 Å². The van der Waals surface area contributed by atoms with Crippen molar-refractivity contribution in [2.24, 2.45) is 5.14 Å². The number of pyridine rings is 1. The third kappa shape index (κ3) is 3.27. The number of nitrogens with zero attached hydrogens (tertiary/aromatic N) is 1. The number of hydrogen-bond acceptors (Lipinski definition) is 4. The highest BCUT2D eigenvalue weighted by Gasteiger charge is 2.08. The van der Waals surface area contributed by atoms with Crippen LogP contribution in [0.25, 0.3) is 0 Å². The molecule has 0 spiro atoms. The van der Waals surface area contributed by atoms with Crippen LogP contribution in [0, 0.1) is 12.7 Å². The first-order chi connectivity index (χ1) is 8.86. The van der Waals surface area contributed by atoms with Crippen molar-refractivity contribution in [1.29, 1.82) is 0 Å². The van der Waals surface area contributed by atoms with Gasteiger partial charge in [0, 0.05) is 6.07 Å². The minimum Gasteiger partial charge on any atom is -0.439 e. The summed E-state index contributed by atoms with van der Waals surface area (Å²) in [4.78, 5) is 3.72. The van der Waals surface area contributed by atoms with E-state index >= 15 is 0 Å². The largest absolute Gasteiger partial charge is 0.439 e. The summed E-state index contributed by atoms with van der Waals surface area (Å²) in [6, 6.07) is 6.91. The van der Waals surface area contributed by atoms with Gasteiger partial charge >= 0.3 is 0 Å². The molecule has 7 heteroatoms. The fraction of sp³-hybridized carbons (Fsp3) is 0.0833. The second-order valence-corrected chi connectivity index (χ2v) is 5.45. The van der Waals surface area contributed by atoms with Crippen LogP contribution in [0.2, 0.25) is 0 Å². The molecule has 2 aromatic rings. The average Bonchev–Trinajstić information content (AvgIpc) is 2.33. The molecule has 2 N–H and O–H groups in total. The van der Waals surface area contributed by atoms with E-state index in [9.17, 15) is 12.8 Å². The van der Waals surface area contributed by atoms with Gasteiger partial charge in [0.15, 0.2) is 0 Å². The van der Waals surface area contributed by atoms with Crippen molar-refractivity contribution >= 4 is 10.0 Å². The van der Waals surface area contributed by atoms with E-state index in [1.807, 2.05) is 0 Å². The summed E-state index contributed by atoms with van der Waals surface area (Å²) >= 11 is 0. The Balaban J connectivity index is 2.22. The Morgan fingerprint density at radius 1 is 1.26 bits per heavy atom. The predicted molar refractivity (Wildman–Crippen MR) is 66.8 cm³/mol. The summed E-state index contributed by atoms with van der Waals surface area (Å²) in [5.41, 5.74) is 0.443. The third-order valence-corrected chi connectivity index (χ3v) is 3.29. The highest BCUT2D eigenvalue weighted by Crippen LogP contribution is 2.22. The Hall–Kier alpha value is -1.99. The molecule has 0 aliphatic carbocycles. The number of aryl methyl sites for hydroxylation is 1. The summed E-state index contributed by atoms with van der Waals surface area (Å²) in [5, 5.41) is 4.95. The first-order valence-corrected chi connectivity index (χ1v) is 6.84. The molecule has 0 amide bonds. The maximum Gasteiger partial charge on any atom is 0.239 e. The summed E-state index contributed by atoms with van der Waals surface area (Å²) in [5.74, 6) is 0.276. The Labute approximate surface area is 109 Å². The molecule has 0 aliphatic heterocycles. The zero-order chi connectivity index (χ0) is 14.0. The number of primary sulfonamides is 1. The Morgan fingerprint density at radius 2 is 2.00 bits per heavy atom. The number of hydrogen-bond donors (Lipinski definition) is 1. The molecule has 0 saturated heterocycles. The van der Waals surface area contributed by atoms with Crippen molar-refractivity contribution in [2.75, 3.05) is 0 Å². The highest BCUT2D eigenvalue weighted by atomic mass is 32.2. The number of benzene rings is 1. The number of sulfonamides is 1. The van der Waals surface area contributed by atoms with Gasteiger partial charge in [0.05, 0.1) is 6.20 Å². The maximum absolute atomic E-state index is 13.1. The van der Waals surface area contributed by atoms with E-state index in [-0.39, 0.29) is 16.6 Å². The fourth-order valence-electron chi connectivity index (χ4n) is 1.40. The molecule has 100 valence electrons. The fourth-order valence-corrected chi connectivity index (χ4v) is 1.85. The van der Waals surface area contributed by atoms with E-state index in [1.165, 1.54) is 30.3 Å². The lowest BCUT2D eigenvalue weighted by Crippen LogP contribution is -2.12. The van der Waals surface area contributed by atoms with Crippen LogP contribution in [0.15, 0.2) is 41.4 Å². The summed E-state index contributed by atoms with van der Waals surface area (Å²) in [7, 11) is -3.77. The van der Waals surface area contributed by atoms with Crippen LogP contribution in [-0.2, 0) is 10.0 Å². The molecule has 2 rings (SSSR count). The topological polar surface area (TPSA) is 82.3 Å². The molecule has 0 aliphatic rings. The molecule has 0 unspecified atom stereocenters. The van der Waals surface area contributed by atoms with E-state index in [4.69, 9.17) is 9.88 Å². The van der Waals surface area contributed by atoms with E-state index in [0.29, 0.717) is 11.3 Å². The van der Waals surface area contributed by atoms with Gasteiger partial charge in [-0.3, -0.25) is 0 Å². The van der Waals surface area contributed by atoms with Gasteiger partial charge in [0.25, 0.3) is 0 Å². The molecule has 0 fully saturated rings. The number of rotatable bonds is 3. The second-order valence-electron chi connectivity index (χ2n) is 3.89. The number of aromatic nitrogens is 1. The molecule has 19 heavy (non-hydrogen) atoms. The first kappa shape index (κ1) is 13.4. The van der Waals surface area contributed by atoms with Crippen LogP contribution in [0.3, 0.4) is 0 Å². The Bertz CT molecular complexity index is 699. The van der Waals surface area contributed by atoms with Gasteiger partial charge in [-0.15, -0.1) is 0 Å². The highest BCUT2D eigenvalue weighted by molar-refractivity contribution is 7.89. The van der Waals surface area contributed by atoms with Crippen molar-refractivity contribution in [1.82, 2.24) is 4.98 Å². The molecule has 1 aromatic carbocycles. The first-order valence-electron chi connectivity index (χ1n) is 5.29. The zero-order valence-corrected chi connectivity index (χ0v) is 10.8. The molecule has 0 saturated carbocycles. The lowest BCUT2D eigenvalue weighted by molar-refractivity contribution is 0.459. The zero-order valence-electron chi connectivity index (χ0n) is 10.00. The van der Waals surface area contributed by atoms with Crippen LogP contribution in [-0.4, -0.2) is 13.4 Å².